The summed E-state index contributed by atoms with van der Waals surface area (Å²) in [5.41, 5.74) is 0.639. The fourth-order valence-electron chi connectivity index (χ4n) is 1.75. The second-order valence-corrected chi connectivity index (χ2v) is 6.98. The molecule has 0 aliphatic heterocycles. The Balaban J connectivity index is 2.17. The van der Waals surface area contributed by atoms with E-state index in [9.17, 15) is 4.79 Å². The predicted octanol–water partition coefficient (Wildman–Crippen LogP) is 3.88. The van der Waals surface area contributed by atoms with E-state index in [2.05, 4.69) is 26.2 Å². The molecule has 0 radical (unpaired) electrons. The first-order valence-corrected chi connectivity index (χ1v) is 7.50. The first-order valence-electron chi connectivity index (χ1n) is 5.89. The molecule has 0 saturated carbocycles. The van der Waals surface area contributed by atoms with Gasteiger partial charge in [0.05, 0.1) is 16.7 Å². The summed E-state index contributed by atoms with van der Waals surface area (Å²) in [6.45, 7) is 5.87. The molecule has 0 unspecified atom stereocenters. The quantitative estimate of drug-likeness (QED) is 0.922. The second kappa shape index (κ2) is 5.43. The van der Waals surface area contributed by atoms with Gasteiger partial charge < -0.3 is 5.32 Å². The van der Waals surface area contributed by atoms with Gasteiger partial charge in [-0.05, 0) is 38.5 Å². The number of hydrogen-bond donors (Lipinski definition) is 1. The summed E-state index contributed by atoms with van der Waals surface area (Å²) in [6.07, 6.45) is 1.62. The van der Waals surface area contributed by atoms with Crippen molar-refractivity contribution in [1.29, 1.82) is 0 Å². The number of hydrogen-bond acceptors (Lipinski definition) is 3. The largest absolute Gasteiger partial charge is 0.342 e. The average Bonchev–Trinajstić information content (AvgIpc) is 2.76. The van der Waals surface area contributed by atoms with Crippen LogP contribution in [0.25, 0.3) is 0 Å². The van der Waals surface area contributed by atoms with Crippen LogP contribution in [0, 0.1) is 6.92 Å². The lowest BCUT2D eigenvalue weighted by Gasteiger charge is -2.26. The predicted molar refractivity (Wildman–Crippen MR) is 81.5 cm³/mol. The minimum Gasteiger partial charge on any atom is -0.342 e. The number of thiazole rings is 1. The molecule has 0 aliphatic rings. The van der Waals surface area contributed by atoms with E-state index in [0.29, 0.717) is 4.88 Å². The maximum Gasteiger partial charge on any atom is 0.263 e. The highest BCUT2D eigenvalue weighted by atomic mass is 79.9. The molecule has 0 fully saturated rings. The third kappa shape index (κ3) is 3.42. The van der Waals surface area contributed by atoms with E-state index in [4.69, 9.17) is 0 Å². The molecule has 19 heavy (non-hydrogen) atoms. The molecule has 1 aromatic heterocycles. The van der Waals surface area contributed by atoms with Crippen LogP contribution in [-0.2, 0) is 5.54 Å². The van der Waals surface area contributed by atoms with Crippen LogP contribution in [0.4, 0.5) is 0 Å². The Kier molecular flexibility index (Phi) is 4.06. The van der Waals surface area contributed by atoms with Crippen molar-refractivity contribution in [2.75, 3.05) is 0 Å². The summed E-state index contributed by atoms with van der Waals surface area (Å²) in [5.74, 6) is -0.0847. The standard InChI is InChI=1S/C14H15BrN2OS/c1-9-16-8-12(19-9)13(18)17-14(2,3)10-4-6-11(15)7-5-10/h4-8H,1-3H3,(H,17,18). The summed E-state index contributed by atoms with van der Waals surface area (Å²) in [7, 11) is 0. The van der Waals surface area contributed by atoms with Crippen LogP contribution in [0.2, 0.25) is 0 Å². The van der Waals surface area contributed by atoms with Gasteiger partial charge in [-0.3, -0.25) is 4.79 Å². The van der Waals surface area contributed by atoms with E-state index in [1.165, 1.54) is 11.3 Å². The van der Waals surface area contributed by atoms with Crippen LogP contribution in [0.15, 0.2) is 34.9 Å². The number of amides is 1. The first kappa shape index (κ1) is 14.2. The fraction of sp³-hybridized carbons (Fsp3) is 0.286. The van der Waals surface area contributed by atoms with Crippen LogP contribution in [-0.4, -0.2) is 10.9 Å². The molecule has 100 valence electrons. The van der Waals surface area contributed by atoms with Crippen molar-refractivity contribution >= 4 is 33.2 Å². The molecule has 2 aromatic rings. The van der Waals surface area contributed by atoms with Crippen LogP contribution in [0.3, 0.4) is 0 Å². The summed E-state index contributed by atoms with van der Waals surface area (Å²) >= 11 is 4.81. The number of carbonyl (C=O) groups excluding carboxylic acids is 1. The number of nitrogens with one attached hydrogen (secondary N) is 1. The molecular formula is C14H15BrN2OS. The van der Waals surface area contributed by atoms with Crippen molar-refractivity contribution < 1.29 is 4.79 Å². The Bertz CT molecular complexity index is 590. The molecule has 1 aromatic carbocycles. The Labute approximate surface area is 125 Å². The molecule has 0 bridgehead atoms. The molecule has 0 spiro atoms. The minimum atomic E-state index is -0.421. The highest BCUT2D eigenvalue weighted by Gasteiger charge is 2.24. The van der Waals surface area contributed by atoms with Gasteiger partial charge in [-0.1, -0.05) is 28.1 Å². The van der Waals surface area contributed by atoms with Crippen molar-refractivity contribution in [1.82, 2.24) is 10.3 Å². The third-order valence-electron chi connectivity index (χ3n) is 2.84. The van der Waals surface area contributed by atoms with Gasteiger partial charge in [0.25, 0.3) is 5.91 Å². The van der Waals surface area contributed by atoms with Crippen LogP contribution in [0.1, 0.15) is 34.1 Å². The van der Waals surface area contributed by atoms with E-state index in [0.717, 1.165) is 15.0 Å². The van der Waals surface area contributed by atoms with Gasteiger partial charge in [-0.15, -0.1) is 11.3 Å². The lowest BCUT2D eigenvalue weighted by atomic mass is 9.94. The van der Waals surface area contributed by atoms with E-state index in [1.807, 2.05) is 45.0 Å². The smallest absolute Gasteiger partial charge is 0.263 e. The fourth-order valence-corrected chi connectivity index (χ4v) is 2.69. The van der Waals surface area contributed by atoms with E-state index < -0.39 is 5.54 Å². The molecular weight excluding hydrogens is 324 g/mol. The highest BCUT2D eigenvalue weighted by molar-refractivity contribution is 9.10. The van der Waals surface area contributed by atoms with Crippen molar-refractivity contribution in [3.8, 4) is 0 Å². The second-order valence-electron chi connectivity index (χ2n) is 4.83. The van der Waals surface area contributed by atoms with Gasteiger partial charge in [0.2, 0.25) is 0 Å². The Morgan fingerprint density at radius 2 is 1.95 bits per heavy atom. The number of benzene rings is 1. The van der Waals surface area contributed by atoms with E-state index >= 15 is 0 Å². The number of aryl methyl sites for hydroxylation is 1. The van der Waals surface area contributed by atoms with Gasteiger partial charge >= 0.3 is 0 Å². The molecule has 1 N–H and O–H groups in total. The number of nitrogens with zero attached hydrogens (tertiary/aromatic N) is 1. The summed E-state index contributed by atoms with van der Waals surface area (Å²) < 4.78 is 1.02. The Hall–Kier alpha value is -1.20. The lowest BCUT2D eigenvalue weighted by molar-refractivity contribution is 0.0916. The SMILES string of the molecule is Cc1ncc(C(=O)NC(C)(C)c2ccc(Br)cc2)s1. The zero-order valence-corrected chi connectivity index (χ0v) is 13.4. The summed E-state index contributed by atoms with van der Waals surface area (Å²) in [6, 6.07) is 7.95. The number of halogens is 1. The highest BCUT2D eigenvalue weighted by Crippen LogP contribution is 2.23. The molecule has 0 aliphatic carbocycles. The first-order chi connectivity index (χ1) is 8.88. The minimum absolute atomic E-state index is 0.0847. The summed E-state index contributed by atoms with van der Waals surface area (Å²) in [4.78, 5) is 16.9. The zero-order valence-electron chi connectivity index (χ0n) is 11.0. The normalized spacial score (nSPS) is 11.4. The van der Waals surface area contributed by atoms with Gasteiger partial charge in [-0.2, -0.15) is 0 Å². The van der Waals surface area contributed by atoms with Crippen molar-refractivity contribution in [3.05, 3.63) is 50.4 Å². The van der Waals surface area contributed by atoms with Crippen molar-refractivity contribution in [3.63, 3.8) is 0 Å². The Morgan fingerprint density at radius 1 is 1.32 bits per heavy atom. The maximum absolute atomic E-state index is 12.2. The molecule has 1 amide bonds. The number of rotatable bonds is 3. The van der Waals surface area contributed by atoms with Gasteiger partial charge in [0, 0.05) is 4.47 Å². The zero-order chi connectivity index (χ0) is 14.0. The molecule has 3 nitrogen and oxygen atoms in total. The maximum atomic E-state index is 12.2. The van der Waals surface area contributed by atoms with Crippen molar-refractivity contribution in [2.45, 2.75) is 26.3 Å². The van der Waals surface area contributed by atoms with Gasteiger partial charge in [0.15, 0.2) is 0 Å². The van der Waals surface area contributed by atoms with Crippen LogP contribution < -0.4 is 5.32 Å². The molecule has 1 heterocycles. The number of aromatic nitrogens is 1. The lowest BCUT2D eigenvalue weighted by Crippen LogP contribution is -2.40. The van der Waals surface area contributed by atoms with E-state index in [1.54, 1.807) is 6.20 Å². The van der Waals surface area contributed by atoms with E-state index in [-0.39, 0.29) is 5.91 Å². The van der Waals surface area contributed by atoms with Gasteiger partial charge in [0.1, 0.15) is 4.88 Å². The average molecular weight is 339 g/mol. The molecule has 0 saturated heterocycles. The topological polar surface area (TPSA) is 42.0 Å². The van der Waals surface area contributed by atoms with Crippen molar-refractivity contribution in [2.24, 2.45) is 0 Å². The molecule has 5 heteroatoms. The monoisotopic (exact) mass is 338 g/mol. The Morgan fingerprint density at radius 3 is 2.47 bits per heavy atom. The van der Waals surface area contributed by atoms with Crippen LogP contribution in [0.5, 0.6) is 0 Å². The summed E-state index contributed by atoms with van der Waals surface area (Å²) in [5, 5.41) is 3.93. The molecule has 0 atom stereocenters. The third-order valence-corrected chi connectivity index (χ3v) is 4.28. The van der Waals surface area contributed by atoms with Gasteiger partial charge in [-0.25, -0.2) is 4.98 Å². The van der Waals surface area contributed by atoms with Crippen LogP contribution >= 0.6 is 27.3 Å². The molecule has 2 rings (SSSR count). The number of carbonyl (C=O) groups is 1.